The van der Waals surface area contributed by atoms with E-state index in [9.17, 15) is 4.39 Å². The number of nitrogens with one attached hydrogen (secondary N) is 1. The average Bonchev–Trinajstić information content (AvgIpc) is 3.31. The summed E-state index contributed by atoms with van der Waals surface area (Å²) < 4.78 is 27.4. The Balaban J connectivity index is 1.43. The van der Waals surface area contributed by atoms with Crippen molar-refractivity contribution in [1.29, 1.82) is 0 Å². The summed E-state index contributed by atoms with van der Waals surface area (Å²) in [5.74, 6) is 1.51. The van der Waals surface area contributed by atoms with Crippen LogP contribution in [0.3, 0.4) is 0 Å². The van der Waals surface area contributed by atoms with Crippen LogP contribution in [0.4, 0.5) is 10.3 Å². The van der Waals surface area contributed by atoms with Gasteiger partial charge in [-0.05, 0) is 37.3 Å². The molecule has 8 heteroatoms. The van der Waals surface area contributed by atoms with E-state index in [0.29, 0.717) is 30.6 Å². The summed E-state index contributed by atoms with van der Waals surface area (Å²) in [6, 6.07) is 3.16. The van der Waals surface area contributed by atoms with Gasteiger partial charge >= 0.3 is 0 Å². The van der Waals surface area contributed by atoms with Crippen molar-refractivity contribution in [3.8, 4) is 5.75 Å². The van der Waals surface area contributed by atoms with Crippen molar-refractivity contribution in [1.82, 2.24) is 19.6 Å². The van der Waals surface area contributed by atoms with Gasteiger partial charge in [0.25, 0.3) is 0 Å². The molecular weight excluding hydrogens is 361 g/mol. The van der Waals surface area contributed by atoms with E-state index < -0.39 is 0 Å². The maximum atomic E-state index is 14.4. The number of nitrogens with zero attached hydrogens (tertiary/aromatic N) is 4. The van der Waals surface area contributed by atoms with Crippen molar-refractivity contribution in [2.45, 2.75) is 38.1 Å². The van der Waals surface area contributed by atoms with Crippen molar-refractivity contribution >= 4 is 11.6 Å². The zero-order chi connectivity index (χ0) is 18.9. The second kappa shape index (κ2) is 7.35. The SMILES string of the molecule is Fc1ccc2c(c1CNc1ncc([C@H]3CCCOCC3)c3nncn13)CCO2. The number of halogens is 1. The lowest BCUT2D eigenvalue weighted by molar-refractivity contribution is 0.143. The molecule has 0 aliphatic carbocycles. The standard InChI is InChI=1S/C20H22FN5O2/c21-17-3-4-18-14(6-9-28-18)16(17)11-23-20-22-10-15(19-25-24-12-26(19)20)13-2-1-7-27-8-5-13/h3-4,10,12-13H,1-2,5-9,11H2,(H,22,23)/t13-/m0/s1. The first kappa shape index (κ1) is 17.4. The molecule has 4 heterocycles. The third-order valence-corrected chi connectivity index (χ3v) is 5.62. The van der Waals surface area contributed by atoms with Gasteiger partial charge in [0, 0.05) is 49.1 Å². The summed E-state index contributed by atoms with van der Waals surface area (Å²) in [6.07, 6.45) is 7.29. The van der Waals surface area contributed by atoms with Crippen LogP contribution in [0.15, 0.2) is 24.7 Å². The Morgan fingerprint density at radius 1 is 1.21 bits per heavy atom. The number of hydrogen-bond donors (Lipinski definition) is 1. The molecule has 0 spiro atoms. The monoisotopic (exact) mass is 383 g/mol. The van der Waals surface area contributed by atoms with Gasteiger partial charge in [0.1, 0.15) is 17.9 Å². The molecule has 1 N–H and O–H groups in total. The highest BCUT2D eigenvalue weighted by molar-refractivity contribution is 5.53. The Hall–Kier alpha value is -2.74. The summed E-state index contributed by atoms with van der Waals surface area (Å²) in [6.45, 7) is 2.49. The minimum atomic E-state index is -0.230. The summed E-state index contributed by atoms with van der Waals surface area (Å²) in [5, 5.41) is 11.6. The predicted molar refractivity (Wildman–Crippen MR) is 101 cm³/mol. The molecule has 3 aromatic rings. The Kier molecular flexibility index (Phi) is 4.56. The number of aromatic nitrogens is 4. The topological polar surface area (TPSA) is 73.6 Å². The van der Waals surface area contributed by atoms with Crippen LogP contribution in [0.25, 0.3) is 5.65 Å². The fourth-order valence-corrected chi connectivity index (χ4v) is 4.14. The molecule has 0 unspecified atom stereocenters. The Bertz CT molecular complexity index is 998. The zero-order valence-electron chi connectivity index (χ0n) is 15.5. The molecule has 1 atom stereocenters. The van der Waals surface area contributed by atoms with E-state index in [2.05, 4.69) is 20.5 Å². The molecule has 146 valence electrons. The van der Waals surface area contributed by atoms with E-state index in [1.54, 1.807) is 12.4 Å². The molecular formula is C20H22FN5O2. The van der Waals surface area contributed by atoms with Gasteiger partial charge in [-0.15, -0.1) is 10.2 Å². The summed E-state index contributed by atoms with van der Waals surface area (Å²) in [5.41, 5.74) is 3.45. The molecule has 28 heavy (non-hydrogen) atoms. The Morgan fingerprint density at radius 2 is 2.18 bits per heavy atom. The minimum absolute atomic E-state index is 0.230. The van der Waals surface area contributed by atoms with Crippen LogP contribution in [-0.4, -0.2) is 39.4 Å². The number of rotatable bonds is 4. The zero-order valence-corrected chi connectivity index (χ0v) is 15.5. The first-order valence-corrected chi connectivity index (χ1v) is 9.74. The molecule has 2 aliphatic rings. The van der Waals surface area contributed by atoms with E-state index in [4.69, 9.17) is 9.47 Å². The largest absolute Gasteiger partial charge is 0.493 e. The van der Waals surface area contributed by atoms with Crippen LogP contribution in [0.2, 0.25) is 0 Å². The lowest BCUT2D eigenvalue weighted by atomic mass is 9.94. The second-order valence-electron chi connectivity index (χ2n) is 7.26. The molecule has 2 aromatic heterocycles. The average molecular weight is 383 g/mol. The van der Waals surface area contributed by atoms with Crippen molar-refractivity contribution in [2.75, 3.05) is 25.1 Å². The van der Waals surface area contributed by atoms with Crippen molar-refractivity contribution in [3.05, 3.63) is 47.2 Å². The van der Waals surface area contributed by atoms with Gasteiger partial charge in [-0.2, -0.15) is 0 Å². The van der Waals surface area contributed by atoms with Crippen LogP contribution >= 0.6 is 0 Å². The highest BCUT2D eigenvalue weighted by Gasteiger charge is 2.22. The molecule has 1 fully saturated rings. The summed E-state index contributed by atoms with van der Waals surface area (Å²) >= 11 is 0. The number of anilines is 1. The van der Waals surface area contributed by atoms with Crippen LogP contribution < -0.4 is 10.1 Å². The smallest absolute Gasteiger partial charge is 0.210 e. The van der Waals surface area contributed by atoms with Gasteiger partial charge in [0.2, 0.25) is 5.95 Å². The number of ether oxygens (including phenoxy) is 2. The van der Waals surface area contributed by atoms with Crippen LogP contribution in [0, 0.1) is 5.82 Å². The highest BCUT2D eigenvalue weighted by atomic mass is 19.1. The quantitative estimate of drug-likeness (QED) is 0.746. The molecule has 2 aliphatic heterocycles. The molecule has 5 rings (SSSR count). The fraction of sp³-hybridized carbons (Fsp3) is 0.450. The second-order valence-corrected chi connectivity index (χ2v) is 7.26. The summed E-state index contributed by atoms with van der Waals surface area (Å²) in [7, 11) is 0. The molecule has 0 bridgehead atoms. The number of benzene rings is 1. The van der Waals surface area contributed by atoms with Gasteiger partial charge in [0.05, 0.1) is 6.61 Å². The molecule has 7 nitrogen and oxygen atoms in total. The van der Waals surface area contributed by atoms with Gasteiger partial charge in [-0.3, -0.25) is 4.40 Å². The predicted octanol–water partition coefficient (Wildman–Crippen LogP) is 3.09. The highest BCUT2D eigenvalue weighted by Crippen LogP contribution is 2.32. The van der Waals surface area contributed by atoms with E-state index in [1.165, 1.54) is 6.07 Å². The van der Waals surface area contributed by atoms with E-state index >= 15 is 0 Å². The third-order valence-electron chi connectivity index (χ3n) is 5.62. The van der Waals surface area contributed by atoms with Gasteiger partial charge in [0.15, 0.2) is 5.65 Å². The summed E-state index contributed by atoms with van der Waals surface area (Å²) in [4.78, 5) is 4.60. The first-order valence-electron chi connectivity index (χ1n) is 9.74. The molecule has 0 saturated carbocycles. The maximum Gasteiger partial charge on any atom is 0.210 e. The maximum absolute atomic E-state index is 14.4. The number of hydrogen-bond acceptors (Lipinski definition) is 6. The lowest BCUT2D eigenvalue weighted by Gasteiger charge is -2.16. The van der Waals surface area contributed by atoms with E-state index in [1.807, 2.05) is 10.6 Å². The van der Waals surface area contributed by atoms with Crippen LogP contribution in [0.5, 0.6) is 5.75 Å². The first-order chi connectivity index (χ1) is 13.8. The molecule has 1 aromatic carbocycles. The van der Waals surface area contributed by atoms with E-state index in [-0.39, 0.29) is 5.82 Å². The van der Waals surface area contributed by atoms with Crippen molar-refractivity contribution in [3.63, 3.8) is 0 Å². The Labute approximate surface area is 161 Å². The number of fused-ring (bicyclic) bond motifs is 2. The molecule has 0 amide bonds. The van der Waals surface area contributed by atoms with Crippen LogP contribution in [-0.2, 0) is 17.7 Å². The third kappa shape index (κ3) is 3.07. The van der Waals surface area contributed by atoms with Gasteiger partial charge in [-0.1, -0.05) is 0 Å². The fourth-order valence-electron chi connectivity index (χ4n) is 4.14. The normalized spacial score (nSPS) is 19.2. The van der Waals surface area contributed by atoms with Gasteiger partial charge in [-0.25, -0.2) is 9.37 Å². The van der Waals surface area contributed by atoms with Crippen molar-refractivity contribution < 1.29 is 13.9 Å². The Morgan fingerprint density at radius 3 is 3.14 bits per heavy atom. The van der Waals surface area contributed by atoms with E-state index in [0.717, 1.165) is 61.4 Å². The molecule has 1 saturated heterocycles. The van der Waals surface area contributed by atoms with Gasteiger partial charge < -0.3 is 14.8 Å². The minimum Gasteiger partial charge on any atom is -0.493 e. The van der Waals surface area contributed by atoms with Crippen LogP contribution in [0.1, 0.15) is 41.9 Å². The molecule has 0 radical (unpaired) electrons. The lowest BCUT2D eigenvalue weighted by Crippen LogP contribution is -2.11. The van der Waals surface area contributed by atoms with Crippen molar-refractivity contribution in [2.24, 2.45) is 0 Å².